The molecule has 1 aliphatic heterocycles. The topological polar surface area (TPSA) is 29.5 Å². The molecule has 3 nitrogen and oxygen atoms in total. The van der Waals surface area contributed by atoms with Gasteiger partial charge in [-0.15, -0.1) is 0 Å². The van der Waals surface area contributed by atoms with Gasteiger partial charge >= 0.3 is 6.09 Å². The number of carbonyl (C=O) groups is 1. The van der Waals surface area contributed by atoms with E-state index in [1.54, 1.807) is 0 Å². The minimum Gasteiger partial charge on any atom is -0.444 e. The SMILES string of the molecule is CC(C)C1CN(Cc2cc(F)cc(F)c2)C(=O)O1. The summed E-state index contributed by atoms with van der Waals surface area (Å²) in [5.74, 6) is -1.06. The first kappa shape index (κ1) is 12.8. The fourth-order valence-electron chi connectivity index (χ4n) is 1.93. The lowest BCUT2D eigenvalue weighted by molar-refractivity contribution is 0.112. The van der Waals surface area contributed by atoms with E-state index in [2.05, 4.69) is 0 Å². The van der Waals surface area contributed by atoms with E-state index in [9.17, 15) is 13.6 Å². The number of halogens is 2. The molecule has 1 fully saturated rings. The zero-order chi connectivity index (χ0) is 13.3. The van der Waals surface area contributed by atoms with Crippen molar-refractivity contribution in [1.82, 2.24) is 4.90 Å². The normalized spacial score (nSPS) is 19.5. The Labute approximate surface area is 104 Å². The fourth-order valence-corrected chi connectivity index (χ4v) is 1.93. The maximum Gasteiger partial charge on any atom is 0.410 e. The first-order valence-corrected chi connectivity index (χ1v) is 5.86. The molecule has 98 valence electrons. The molecule has 2 rings (SSSR count). The van der Waals surface area contributed by atoms with E-state index in [0.717, 1.165) is 6.07 Å². The number of ether oxygens (including phenoxy) is 1. The molecule has 0 radical (unpaired) electrons. The summed E-state index contributed by atoms with van der Waals surface area (Å²) in [4.78, 5) is 13.0. The van der Waals surface area contributed by atoms with Gasteiger partial charge in [-0.05, 0) is 23.6 Å². The highest BCUT2D eigenvalue weighted by Crippen LogP contribution is 2.20. The second kappa shape index (κ2) is 4.92. The number of carbonyl (C=O) groups excluding carboxylic acids is 1. The van der Waals surface area contributed by atoms with Gasteiger partial charge < -0.3 is 9.64 Å². The monoisotopic (exact) mass is 255 g/mol. The second-order valence-electron chi connectivity index (χ2n) is 4.82. The largest absolute Gasteiger partial charge is 0.444 e. The Kier molecular flexibility index (Phi) is 3.50. The molecule has 1 heterocycles. The first-order chi connectivity index (χ1) is 8.45. The van der Waals surface area contributed by atoms with Gasteiger partial charge in [-0.2, -0.15) is 0 Å². The van der Waals surface area contributed by atoms with E-state index in [1.165, 1.54) is 17.0 Å². The van der Waals surface area contributed by atoms with E-state index in [0.29, 0.717) is 12.1 Å². The van der Waals surface area contributed by atoms with Crippen LogP contribution in [-0.4, -0.2) is 23.6 Å². The smallest absolute Gasteiger partial charge is 0.410 e. The fraction of sp³-hybridized carbons (Fsp3) is 0.462. The Bertz CT molecular complexity index is 442. The van der Waals surface area contributed by atoms with E-state index in [-0.39, 0.29) is 18.6 Å². The van der Waals surface area contributed by atoms with Crippen molar-refractivity contribution in [2.24, 2.45) is 5.92 Å². The first-order valence-electron chi connectivity index (χ1n) is 5.86. The van der Waals surface area contributed by atoms with Gasteiger partial charge in [0.1, 0.15) is 17.7 Å². The summed E-state index contributed by atoms with van der Waals surface area (Å²) >= 11 is 0. The van der Waals surface area contributed by atoms with Gasteiger partial charge in [0.25, 0.3) is 0 Å². The molecule has 1 saturated heterocycles. The van der Waals surface area contributed by atoms with Crippen LogP contribution in [0, 0.1) is 17.6 Å². The number of nitrogens with zero attached hydrogens (tertiary/aromatic N) is 1. The number of hydrogen-bond donors (Lipinski definition) is 0. The van der Waals surface area contributed by atoms with Crippen molar-refractivity contribution in [3.05, 3.63) is 35.4 Å². The van der Waals surface area contributed by atoms with Crippen LogP contribution in [0.3, 0.4) is 0 Å². The molecule has 0 bridgehead atoms. The third-order valence-electron chi connectivity index (χ3n) is 2.95. The Hall–Kier alpha value is -1.65. The molecule has 1 aromatic rings. The van der Waals surface area contributed by atoms with Gasteiger partial charge in [-0.1, -0.05) is 13.8 Å². The molecule has 1 aliphatic rings. The van der Waals surface area contributed by atoms with Crippen molar-refractivity contribution in [1.29, 1.82) is 0 Å². The lowest BCUT2D eigenvalue weighted by atomic mass is 10.1. The number of benzene rings is 1. The summed E-state index contributed by atoms with van der Waals surface area (Å²) in [7, 11) is 0. The van der Waals surface area contributed by atoms with Crippen molar-refractivity contribution < 1.29 is 18.3 Å². The molecule has 0 saturated carbocycles. The zero-order valence-electron chi connectivity index (χ0n) is 10.3. The van der Waals surface area contributed by atoms with Crippen molar-refractivity contribution in [2.45, 2.75) is 26.5 Å². The Balaban J connectivity index is 2.08. The highest BCUT2D eigenvalue weighted by atomic mass is 19.1. The standard InChI is InChI=1S/C13H15F2NO2/c1-8(2)12-7-16(13(17)18-12)6-9-3-10(14)5-11(15)4-9/h3-5,8,12H,6-7H2,1-2H3. The molecule has 1 atom stereocenters. The predicted molar refractivity (Wildman–Crippen MR) is 61.9 cm³/mol. The maximum atomic E-state index is 13.0. The summed E-state index contributed by atoms with van der Waals surface area (Å²) < 4.78 is 31.2. The van der Waals surface area contributed by atoms with E-state index in [4.69, 9.17) is 4.74 Å². The molecular weight excluding hydrogens is 240 g/mol. The summed E-state index contributed by atoms with van der Waals surface area (Å²) in [5.41, 5.74) is 0.425. The Morgan fingerprint density at radius 3 is 2.44 bits per heavy atom. The molecule has 18 heavy (non-hydrogen) atoms. The van der Waals surface area contributed by atoms with E-state index >= 15 is 0 Å². The molecule has 5 heteroatoms. The zero-order valence-corrected chi connectivity index (χ0v) is 10.3. The van der Waals surface area contributed by atoms with Crippen LogP contribution >= 0.6 is 0 Å². The average molecular weight is 255 g/mol. The number of cyclic esters (lactones) is 1. The van der Waals surface area contributed by atoms with Gasteiger partial charge in [0, 0.05) is 12.6 Å². The van der Waals surface area contributed by atoms with Crippen LogP contribution in [0.15, 0.2) is 18.2 Å². The van der Waals surface area contributed by atoms with Crippen LogP contribution in [0.5, 0.6) is 0 Å². The predicted octanol–water partition coefficient (Wildman–Crippen LogP) is 2.94. The number of hydrogen-bond acceptors (Lipinski definition) is 2. The van der Waals surface area contributed by atoms with Gasteiger partial charge in [0.15, 0.2) is 0 Å². The Morgan fingerprint density at radius 1 is 1.33 bits per heavy atom. The van der Waals surface area contributed by atoms with Gasteiger partial charge in [0.05, 0.1) is 6.54 Å². The highest BCUT2D eigenvalue weighted by molar-refractivity contribution is 5.70. The molecule has 0 N–H and O–H groups in total. The van der Waals surface area contributed by atoms with Crippen LogP contribution in [-0.2, 0) is 11.3 Å². The van der Waals surface area contributed by atoms with Crippen LogP contribution in [0.4, 0.5) is 13.6 Å². The number of amides is 1. The second-order valence-corrected chi connectivity index (χ2v) is 4.82. The minimum atomic E-state index is -0.641. The summed E-state index contributed by atoms with van der Waals surface area (Å²) in [5, 5.41) is 0. The summed E-state index contributed by atoms with van der Waals surface area (Å²) in [6, 6.07) is 3.25. The molecule has 0 aliphatic carbocycles. The lowest BCUT2D eigenvalue weighted by Gasteiger charge is -2.14. The van der Waals surface area contributed by atoms with Crippen molar-refractivity contribution >= 4 is 6.09 Å². The van der Waals surface area contributed by atoms with Gasteiger partial charge in [0.2, 0.25) is 0 Å². The van der Waals surface area contributed by atoms with E-state index in [1.807, 2.05) is 13.8 Å². The molecule has 1 unspecified atom stereocenters. The summed E-state index contributed by atoms with van der Waals surface area (Å²) in [6.07, 6.45) is -0.589. The maximum absolute atomic E-state index is 13.0. The highest BCUT2D eigenvalue weighted by Gasteiger charge is 2.32. The Morgan fingerprint density at radius 2 is 1.94 bits per heavy atom. The molecule has 1 amide bonds. The quantitative estimate of drug-likeness (QED) is 0.831. The lowest BCUT2D eigenvalue weighted by Crippen LogP contribution is -2.26. The van der Waals surface area contributed by atoms with Crippen molar-refractivity contribution in [2.75, 3.05) is 6.54 Å². The summed E-state index contributed by atoms with van der Waals surface area (Å²) in [6.45, 7) is 4.54. The van der Waals surface area contributed by atoms with Gasteiger partial charge in [-0.25, -0.2) is 13.6 Å². The molecule has 0 spiro atoms. The van der Waals surface area contributed by atoms with Crippen molar-refractivity contribution in [3.8, 4) is 0 Å². The third kappa shape index (κ3) is 2.78. The van der Waals surface area contributed by atoms with Crippen molar-refractivity contribution in [3.63, 3.8) is 0 Å². The molecule has 1 aromatic carbocycles. The number of rotatable bonds is 3. The van der Waals surface area contributed by atoms with Crippen LogP contribution in [0.2, 0.25) is 0 Å². The third-order valence-corrected chi connectivity index (χ3v) is 2.95. The van der Waals surface area contributed by atoms with E-state index < -0.39 is 17.7 Å². The molecule has 0 aromatic heterocycles. The van der Waals surface area contributed by atoms with Crippen LogP contribution < -0.4 is 0 Å². The van der Waals surface area contributed by atoms with Crippen LogP contribution in [0.1, 0.15) is 19.4 Å². The average Bonchev–Trinajstić information content (AvgIpc) is 2.59. The minimum absolute atomic E-state index is 0.157. The molecular formula is C13H15F2NO2. The van der Waals surface area contributed by atoms with Gasteiger partial charge in [-0.3, -0.25) is 0 Å². The van der Waals surface area contributed by atoms with Crippen LogP contribution in [0.25, 0.3) is 0 Å².